The van der Waals surface area contributed by atoms with E-state index in [-0.39, 0.29) is 24.9 Å². The lowest BCUT2D eigenvalue weighted by Gasteiger charge is -2.24. The standard InChI is InChI=1S/C9H16N2O5S/c1-6(9(13)16-2)17(14,15)11-7-3-4-8(12)10-5-7/h6-7,11H,3-5H2,1-2H3,(H,10,12). The molecule has 1 amide bonds. The number of hydrogen-bond acceptors (Lipinski definition) is 5. The highest BCUT2D eigenvalue weighted by Gasteiger charge is 2.32. The molecule has 0 aromatic carbocycles. The zero-order valence-electron chi connectivity index (χ0n) is 9.73. The van der Waals surface area contributed by atoms with E-state index in [1.165, 1.54) is 6.92 Å². The van der Waals surface area contributed by atoms with Crippen LogP contribution in [0.25, 0.3) is 0 Å². The van der Waals surface area contributed by atoms with E-state index in [0.717, 1.165) is 7.11 Å². The fourth-order valence-electron chi connectivity index (χ4n) is 1.46. The second-order valence-electron chi connectivity index (χ2n) is 3.87. The third kappa shape index (κ3) is 3.67. The minimum Gasteiger partial charge on any atom is -0.468 e. The van der Waals surface area contributed by atoms with Crippen LogP contribution in [-0.4, -0.2) is 45.2 Å². The summed E-state index contributed by atoms with van der Waals surface area (Å²) in [5.74, 6) is -0.904. The van der Waals surface area contributed by atoms with Gasteiger partial charge >= 0.3 is 5.97 Å². The molecular formula is C9H16N2O5S. The summed E-state index contributed by atoms with van der Waals surface area (Å²) in [6.07, 6.45) is 0.707. The van der Waals surface area contributed by atoms with Crippen molar-refractivity contribution in [1.82, 2.24) is 10.0 Å². The first-order valence-corrected chi connectivity index (χ1v) is 6.77. The van der Waals surface area contributed by atoms with Crippen molar-refractivity contribution >= 4 is 21.9 Å². The molecule has 98 valence electrons. The molecule has 2 N–H and O–H groups in total. The Bertz CT molecular complexity index is 396. The predicted molar refractivity (Wildman–Crippen MR) is 59.6 cm³/mol. The summed E-state index contributed by atoms with van der Waals surface area (Å²) in [6, 6.07) is -0.371. The Morgan fingerprint density at radius 2 is 2.24 bits per heavy atom. The maximum atomic E-state index is 11.8. The number of rotatable bonds is 4. The number of carbonyl (C=O) groups excluding carboxylic acids is 2. The number of nitrogens with one attached hydrogen (secondary N) is 2. The Kier molecular flexibility index (Phi) is 4.47. The molecule has 8 heteroatoms. The molecule has 0 radical (unpaired) electrons. The Morgan fingerprint density at radius 3 is 2.71 bits per heavy atom. The molecule has 2 unspecified atom stereocenters. The van der Waals surface area contributed by atoms with Crippen molar-refractivity contribution in [3.8, 4) is 0 Å². The molecule has 0 aromatic rings. The number of amides is 1. The number of hydrogen-bond donors (Lipinski definition) is 2. The van der Waals surface area contributed by atoms with Crippen LogP contribution in [0.4, 0.5) is 0 Å². The van der Waals surface area contributed by atoms with E-state index in [4.69, 9.17) is 0 Å². The van der Waals surface area contributed by atoms with Crippen LogP contribution in [0.15, 0.2) is 0 Å². The van der Waals surface area contributed by atoms with Gasteiger partial charge in [-0.25, -0.2) is 13.1 Å². The average Bonchev–Trinajstić information content (AvgIpc) is 2.30. The molecule has 2 atom stereocenters. The molecule has 0 aliphatic carbocycles. The van der Waals surface area contributed by atoms with Crippen LogP contribution in [0, 0.1) is 0 Å². The summed E-state index contributed by atoms with van der Waals surface area (Å²) >= 11 is 0. The van der Waals surface area contributed by atoms with Gasteiger partial charge in [-0.1, -0.05) is 0 Å². The molecule has 1 aliphatic rings. The summed E-state index contributed by atoms with van der Waals surface area (Å²) in [6.45, 7) is 1.50. The molecule has 7 nitrogen and oxygen atoms in total. The highest BCUT2D eigenvalue weighted by Crippen LogP contribution is 2.07. The Balaban J connectivity index is 2.60. The van der Waals surface area contributed by atoms with E-state index in [9.17, 15) is 18.0 Å². The van der Waals surface area contributed by atoms with Crippen molar-refractivity contribution in [2.75, 3.05) is 13.7 Å². The van der Waals surface area contributed by atoms with Crippen molar-refractivity contribution in [1.29, 1.82) is 0 Å². The highest BCUT2D eigenvalue weighted by atomic mass is 32.2. The van der Waals surface area contributed by atoms with Crippen LogP contribution in [0.2, 0.25) is 0 Å². The summed E-state index contributed by atoms with van der Waals surface area (Å²) in [5, 5.41) is 1.30. The molecule has 0 aromatic heterocycles. The molecule has 0 saturated carbocycles. The first-order valence-electron chi connectivity index (χ1n) is 5.22. The minimum absolute atomic E-state index is 0.0959. The van der Waals surface area contributed by atoms with Crippen LogP contribution in [0.5, 0.6) is 0 Å². The van der Waals surface area contributed by atoms with Gasteiger partial charge in [-0.15, -0.1) is 0 Å². The number of methoxy groups -OCH3 is 1. The zero-order chi connectivity index (χ0) is 13.1. The molecule has 1 rings (SSSR count). The Morgan fingerprint density at radius 1 is 1.59 bits per heavy atom. The van der Waals surface area contributed by atoms with E-state index < -0.39 is 21.2 Å². The van der Waals surface area contributed by atoms with Crippen LogP contribution in [0.3, 0.4) is 0 Å². The molecule has 0 spiro atoms. The quantitative estimate of drug-likeness (QED) is 0.617. The van der Waals surface area contributed by atoms with Crippen LogP contribution < -0.4 is 10.0 Å². The average molecular weight is 264 g/mol. The summed E-state index contributed by atoms with van der Waals surface area (Å²) in [5.41, 5.74) is 0. The monoisotopic (exact) mass is 264 g/mol. The van der Waals surface area contributed by atoms with Gasteiger partial charge in [0.05, 0.1) is 7.11 Å². The fraction of sp³-hybridized carbons (Fsp3) is 0.778. The summed E-state index contributed by atoms with van der Waals surface area (Å²) in [7, 11) is -2.63. The van der Waals surface area contributed by atoms with Crippen LogP contribution in [0.1, 0.15) is 19.8 Å². The van der Waals surface area contributed by atoms with Crippen molar-refractivity contribution in [3.05, 3.63) is 0 Å². The van der Waals surface area contributed by atoms with Gasteiger partial charge in [0, 0.05) is 19.0 Å². The largest absolute Gasteiger partial charge is 0.468 e. The second-order valence-corrected chi connectivity index (χ2v) is 5.90. The summed E-state index contributed by atoms with van der Waals surface area (Å²) < 4.78 is 30.3. The maximum absolute atomic E-state index is 11.8. The Hall–Kier alpha value is -1.15. The number of esters is 1. The van der Waals surface area contributed by atoms with Crippen molar-refractivity contribution in [3.63, 3.8) is 0 Å². The first kappa shape index (κ1) is 13.9. The van der Waals surface area contributed by atoms with Gasteiger partial charge in [-0.05, 0) is 13.3 Å². The number of carbonyl (C=O) groups is 2. The van der Waals surface area contributed by atoms with Gasteiger partial charge in [0.1, 0.15) is 0 Å². The van der Waals surface area contributed by atoms with E-state index in [1.54, 1.807) is 0 Å². The topological polar surface area (TPSA) is 102 Å². The third-order valence-corrected chi connectivity index (χ3v) is 4.38. The van der Waals surface area contributed by atoms with E-state index >= 15 is 0 Å². The van der Waals surface area contributed by atoms with Gasteiger partial charge in [-0.3, -0.25) is 9.59 Å². The molecular weight excluding hydrogens is 248 g/mol. The van der Waals surface area contributed by atoms with E-state index in [0.29, 0.717) is 6.42 Å². The molecule has 1 fully saturated rings. The lowest BCUT2D eigenvalue weighted by atomic mass is 10.1. The smallest absolute Gasteiger partial charge is 0.325 e. The van der Waals surface area contributed by atoms with E-state index in [1.807, 2.05) is 0 Å². The minimum atomic E-state index is -3.76. The van der Waals surface area contributed by atoms with Gasteiger partial charge in [0.2, 0.25) is 15.9 Å². The normalized spacial score (nSPS) is 22.7. The lowest BCUT2D eigenvalue weighted by Crippen LogP contribution is -2.50. The Labute approximate surface area is 100.0 Å². The molecule has 1 heterocycles. The fourth-order valence-corrected chi connectivity index (χ4v) is 2.68. The molecule has 0 bridgehead atoms. The van der Waals surface area contributed by atoms with Crippen molar-refractivity contribution < 1.29 is 22.7 Å². The van der Waals surface area contributed by atoms with Crippen molar-refractivity contribution in [2.24, 2.45) is 0 Å². The van der Waals surface area contributed by atoms with Crippen molar-refractivity contribution in [2.45, 2.75) is 31.1 Å². The lowest BCUT2D eigenvalue weighted by molar-refractivity contribution is -0.139. The first-order chi connectivity index (χ1) is 7.86. The maximum Gasteiger partial charge on any atom is 0.325 e. The van der Waals surface area contributed by atoms with Gasteiger partial charge < -0.3 is 10.1 Å². The second kappa shape index (κ2) is 5.46. The van der Waals surface area contributed by atoms with Gasteiger partial charge in [0.15, 0.2) is 5.25 Å². The SMILES string of the molecule is COC(=O)C(C)S(=O)(=O)NC1CCC(=O)NC1. The molecule has 1 saturated heterocycles. The predicted octanol–water partition coefficient (Wildman–Crippen LogP) is -1.25. The molecule has 1 aliphatic heterocycles. The highest BCUT2D eigenvalue weighted by molar-refractivity contribution is 7.90. The molecule has 17 heavy (non-hydrogen) atoms. The summed E-state index contributed by atoms with van der Waals surface area (Å²) in [4.78, 5) is 22.0. The van der Waals surface area contributed by atoms with Gasteiger partial charge in [-0.2, -0.15) is 0 Å². The van der Waals surface area contributed by atoms with Crippen LogP contribution in [-0.2, 0) is 24.3 Å². The van der Waals surface area contributed by atoms with Gasteiger partial charge in [0.25, 0.3) is 0 Å². The van der Waals surface area contributed by atoms with Crippen LogP contribution >= 0.6 is 0 Å². The number of sulfonamides is 1. The van der Waals surface area contributed by atoms with E-state index in [2.05, 4.69) is 14.8 Å². The number of ether oxygens (including phenoxy) is 1. The third-order valence-electron chi connectivity index (χ3n) is 2.59. The zero-order valence-corrected chi connectivity index (χ0v) is 10.5. The number of piperidine rings is 1.